The van der Waals surface area contributed by atoms with Crippen LogP contribution in [0.15, 0.2) is 18.2 Å². The highest BCUT2D eigenvalue weighted by molar-refractivity contribution is 6.51. The molecule has 2 rings (SSSR count). The summed E-state index contributed by atoms with van der Waals surface area (Å²) in [5.41, 5.74) is 1.97. The zero-order chi connectivity index (χ0) is 12.4. The molecule has 1 aromatic rings. The van der Waals surface area contributed by atoms with Crippen molar-refractivity contribution in [2.24, 2.45) is 0 Å². The van der Waals surface area contributed by atoms with E-state index in [-0.39, 0.29) is 0 Å². The second-order valence-electron chi connectivity index (χ2n) is 3.93. The first-order valence-corrected chi connectivity index (χ1v) is 5.33. The van der Waals surface area contributed by atoms with Crippen LogP contribution in [0.5, 0.6) is 0 Å². The molecular weight excluding hydrogens is 220 g/mol. The molecule has 1 N–H and O–H groups in total. The second-order valence-corrected chi connectivity index (χ2v) is 3.93. The van der Waals surface area contributed by atoms with Crippen LogP contribution in [0.2, 0.25) is 0 Å². The number of carbonyl (C=O) groups excluding carboxylic acids is 2. The lowest BCUT2D eigenvalue weighted by atomic mass is 10.1. The van der Waals surface area contributed by atoms with E-state index in [1.165, 1.54) is 0 Å². The van der Waals surface area contributed by atoms with Crippen LogP contribution in [0, 0.1) is 0 Å². The minimum absolute atomic E-state index is 0.443. The van der Waals surface area contributed by atoms with Crippen LogP contribution in [-0.4, -0.2) is 39.0 Å². The van der Waals surface area contributed by atoms with Crippen molar-refractivity contribution < 1.29 is 14.3 Å². The first-order chi connectivity index (χ1) is 8.13. The fourth-order valence-electron chi connectivity index (χ4n) is 1.73. The van der Waals surface area contributed by atoms with E-state index in [9.17, 15) is 9.59 Å². The Bertz CT molecular complexity index is 471. The van der Waals surface area contributed by atoms with Crippen molar-refractivity contribution in [3.8, 4) is 0 Å². The maximum Gasteiger partial charge on any atom is 0.296 e. The number of methoxy groups -OCH3 is 1. The van der Waals surface area contributed by atoms with E-state index in [1.807, 2.05) is 18.0 Å². The van der Waals surface area contributed by atoms with Crippen molar-refractivity contribution in [3.63, 3.8) is 0 Å². The molecule has 1 amide bonds. The molecule has 17 heavy (non-hydrogen) atoms. The smallest absolute Gasteiger partial charge is 0.296 e. The summed E-state index contributed by atoms with van der Waals surface area (Å²) < 4.78 is 5.00. The Morgan fingerprint density at radius 3 is 2.82 bits per heavy atom. The highest BCUT2D eigenvalue weighted by Crippen LogP contribution is 2.27. The molecule has 0 radical (unpaired) electrons. The van der Waals surface area contributed by atoms with E-state index in [2.05, 4.69) is 5.32 Å². The van der Waals surface area contributed by atoms with Crippen LogP contribution in [-0.2, 0) is 9.53 Å². The Morgan fingerprint density at radius 1 is 1.35 bits per heavy atom. The normalized spacial score (nSPS) is 13.5. The van der Waals surface area contributed by atoms with E-state index < -0.39 is 11.7 Å². The average molecular weight is 234 g/mol. The maximum atomic E-state index is 11.4. The van der Waals surface area contributed by atoms with Crippen molar-refractivity contribution >= 4 is 23.1 Å². The third-order valence-corrected chi connectivity index (χ3v) is 2.77. The lowest BCUT2D eigenvalue weighted by Crippen LogP contribution is -2.21. The number of hydrogen-bond donors (Lipinski definition) is 1. The van der Waals surface area contributed by atoms with Gasteiger partial charge in [0.15, 0.2) is 0 Å². The van der Waals surface area contributed by atoms with Gasteiger partial charge >= 0.3 is 0 Å². The number of Topliss-reactive ketones (excluding diaryl/α,β-unsaturated/α-hetero) is 1. The van der Waals surface area contributed by atoms with Crippen molar-refractivity contribution in [1.82, 2.24) is 0 Å². The molecule has 90 valence electrons. The number of rotatable bonds is 4. The van der Waals surface area contributed by atoms with E-state index in [1.54, 1.807) is 19.2 Å². The highest BCUT2D eigenvalue weighted by atomic mass is 16.5. The third kappa shape index (κ3) is 2.14. The molecule has 5 heteroatoms. The molecule has 0 fully saturated rings. The fourth-order valence-corrected chi connectivity index (χ4v) is 1.73. The summed E-state index contributed by atoms with van der Waals surface area (Å²) in [5.74, 6) is -1.03. The predicted octanol–water partition coefficient (Wildman–Crippen LogP) is 0.904. The lowest BCUT2D eigenvalue weighted by molar-refractivity contribution is -0.112. The number of likely N-dealkylation sites (N-methyl/N-ethyl adjacent to an activating group) is 1. The number of carbonyl (C=O) groups is 2. The van der Waals surface area contributed by atoms with Crippen LogP contribution in [0.1, 0.15) is 10.4 Å². The molecule has 0 saturated heterocycles. The summed E-state index contributed by atoms with van der Waals surface area (Å²) in [6.07, 6.45) is 0. The first kappa shape index (κ1) is 11.6. The van der Waals surface area contributed by atoms with Crippen molar-refractivity contribution in [1.29, 1.82) is 0 Å². The van der Waals surface area contributed by atoms with Gasteiger partial charge in [0.05, 0.1) is 17.9 Å². The van der Waals surface area contributed by atoms with Gasteiger partial charge in [0.25, 0.3) is 11.7 Å². The third-order valence-electron chi connectivity index (χ3n) is 2.77. The fraction of sp³-hybridized carbons (Fsp3) is 0.333. The molecule has 1 heterocycles. The standard InChI is InChI=1S/C12H14N2O3/c1-14(5-6-17-2)8-3-4-9-10(7-8)13-12(16)11(9)15/h3-4,7H,5-6H2,1-2H3,(H,13,15,16). The van der Waals surface area contributed by atoms with Gasteiger partial charge in [-0.25, -0.2) is 0 Å². The largest absolute Gasteiger partial charge is 0.383 e. The van der Waals surface area contributed by atoms with Gasteiger partial charge in [0, 0.05) is 26.4 Å². The van der Waals surface area contributed by atoms with Gasteiger partial charge in [-0.15, -0.1) is 0 Å². The number of fused-ring (bicyclic) bond motifs is 1. The molecule has 0 aliphatic carbocycles. The average Bonchev–Trinajstić information content (AvgIpc) is 2.61. The molecule has 0 spiro atoms. The van der Waals surface area contributed by atoms with Crippen LogP contribution in [0.3, 0.4) is 0 Å². The van der Waals surface area contributed by atoms with Gasteiger partial charge in [-0.3, -0.25) is 9.59 Å². The molecule has 0 atom stereocenters. The number of nitrogens with one attached hydrogen (secondary N) is 1. The summed E-state index contributed by atoms with van der Waals surface area (Å²) in [7, 11) is 3.58. The molecular formula is C12H14N2O3. The maximum absolute atomic E-state index is 11.4. The Kier molecular flexibility index (Phi) is 3.10. The summed E-state index contributed by atoms with van der Waals surface area (Å²) in [6.45, 7) is 1.37. The Labute approximate surface area is 99.4 Å². The quantitative estimate of drug-likeness (QED) is 0.786. The molecule has 1 aliphatic heterocycles. The molecule has 0 unspecified atom stereocenters. The summed E-state index contributed by atoms with van der Waals surface area (Å²) in [4.78, 5) is 24.6. The van der Waals surface area contributed by atoms with Gasteiger partial charge in [-0.2, -0.15) is 0 Å². The molecule has 1 aliphatic rings. The van der Waals surface area contributed by atoms with Gasteiger partial charge in [-0.05, 0) is 18.2 Å². The summed E-state index contributed by atoms with van der Waals surface area (Å²) >= 11 is 0. The molecule has 0 aromatic heterocycles. The van der Waals surface area contributed by atoms with E-state index in [4.69, 9.17) is 4.74 Å². The Morgan fingerprint density at radius 2 is 2.12 bits per heavy atom. The van der Waals surface area contributed by atoms with Crippen molar-refractivity contribution in [2.45, 2.75) is 0 Å². The molecule has 1 aromatic carbocycles. The molecule has 0 bridgehead atoms. The SMILES string of the molecule is COCCN(C)c1ccc2c(c1)NC(=O)C2=O. The monoisotopic (exact) mass is 234 g/mol. The van der Waals surface area contributed by atoms with E-state index >= 15 is 0 Å². The van der Waals surface area contributed by atoms with Gasteiger partial charge in [0.1, 0.15) is 0 Å². The summed E-state index contributed by atoms with van der Waals surface area (Å²) in [5, 5.41) is 2.55. The number of ether oxygens (including phenoxy) is 1. The second kappa shape index (κ2) is 4.55. The van der Waals surface area contributed by atoms with Gasteiger partial charge in [0.2, 0.25) is 0 Å². The molecule has 0 saturated carbocycles. The number of benzene rings is 1. The first-order valence-electron chi connectivity index (χ1n) is 5.33. The Hall–Kier alpha value is -1.88. The minimum Gasteiger partial charge on any atom is -0.383 e. The van der Waals surface area contributed by atoms with Crippen LogP contribution >= 0.6 is 0 Å². The highest BCUT2D eigenvalue weighted by Gasteiger charge is 2.27. The van der Waals surface area contributed by atoms with E-state index in [0.717, 1.165) is 12.2 Å². The predicted molar refractivity (Wildman–Crippen MR) is 64.5 cm³/mol. The van der Waals surface area contributed by atoms with Gasteiger partial charge in [-0.1, -0.05) is 0 Å². The van der Waals surface area contributed by atoms with Crippen LogP contribution in [0.25, 0.3) is 0 Å². The van der Waals surface area contributed by atoms with Crippen LogP contribution < -0.4 is 10.2 Å². The molecule has 5 nitrogen and oxygen atoms in total. The number of ketones is 1. The van der Waals surface area contributed by atoms with E-state index in [0.29, 0.717) is 17.9 Å². The van der Waals surface area contributed by atoms with Crippen molar-refractivity contribution in [2.75, 3.05) is 37.5 Å². The number of amides is 1. The lowest BCUT2D eigenvalue weighted by Gasteiger charge is -2.19. The summed E-state index contributed by atoms with van der Waals surface area (Å²) in [6, 6.07) is 5.30. The van der Waals surface area contributed by atoms with Crippen molar-refractivity contribution in [3.05, 3.63) is 23.8 Å². The number of hydrogen-bond acceptors (Lipinski definition) is 4. The number of anilines is 2. The zero-order valence-electron chi connectivity index (χ0n) is 9.82. The topological polar surface area (TPSA) is 58.6 Å². The minimum atomic E-state index is -0.559. The zero-order valence-corrected chi connectivity index (χ0v) is 9.82. The van der Waals surface area contributed by atoms with Crippen LogP contribution in [0.4, 0.5) is 11.4 Å². The Balaban J connectivity index is 2.21. The van der Waals surface area contributed by atoms with Gasteiger partial charge < -0.3 is 15.0 Å². The number of nitrogens with zero attached hydrogens (tertiary/aromatic N) is 1.